The van der Waals surface area contributed by atoms with Crippen molar-refractivity contribution in [1.29, 1.82) is 0 Å². The van der Waals surface area contributed by atoms with Crippen LogP contribution in [0.15, 0.2) is 0 Å². The third-order valence-electron chi connectivity index (χ3n) is 6.08. The van der Waals surface area contributed by atoms with Crippen LogP contribution in [0.3, 0.4) is 0 Å². The number of ether oxygens (including phenoxy) is 1. The summed E-state index contributed by atoms with van der Waals surface area (Å²) in [5.41, 5.74) is 0.0713. The van der Waals surface area contributed by atoms with Crippen LogP contribution in [0, 0.1) is 11.3 Å². The molecule has 0 spiro atoms. The Morgan fingerprint density at radius 3 is 2.82 bits per heavy atom. The van der Waals surface area contributed by atoms with Gasteiger partial charge in [0.2, 0.25) is 0 Å². The van der Waals surface area contributed by atoms with E-state index in [9.17, 15) is 5.11 Å². The second-order valence-corrected chi connectivity index (χ2v) is 7.63. The molecule has 1 heterocycles. The first-order valence-electron chi connectivity index (χ1n) is 8.92. The topological polar surface area (TPSA) is 53.5 Å². The average Bonchev–Trinajstić information content (AvgIpc) is 2.98. The maximum absolute atomic E-state index is 10.3. The molecule has 0 amide bonds. The van der Waals surface area contributed by atoms with Crippen molar-refractivity contribution >= 4 is 12.4 Å². The quantitative estimate of drug-likeness (QED) is 0.738. The van der Waals surface area contributed by atoms with Crippen molar-refractivity contribution in [3.63, 3.8) is 0 Å². The molecule has 0 bridgehead atoms. The molecular weight excluding hydrogens is 300 g/mol. The molecule has 5 atom stereocenters. The highest BCUT2D eigenvalue weighted by Crippen LogP contribution is 2.37. The Morgan fingerprint density at radius 1 is 1.23 bits per heavy atom. The van der Waals surface area contributed by atoms with Crippen LogP contribution in [-0.4, -0.2) is 49.6 Å². The number of hydrogen-bond donors (Lipinski definition) is 3. The minimum atomic E-state index is -0.130. The van der Waals surface area contributed by atoms with E-state index in [-0.39, 0.29) is 23.9 Å². The molecule has 3 fully saturated rings. The molecule has 5 unspecified atom stereocenters. The lowest BCUT2D eigenvalue weighted by atomic mass is 9.73. The van der Waals surface area contributed by atoms with E-state index in [1.807, 2.05) is 0 Å². The molecule has 4 nitrogen and oxygen atoms in total. The SMILES string of the molecule is CC1(CNC2CCCC2C2COCCN2)CCCCC1O.Cl. The van der Waals surface area contributed by atoms with Gasteiger partial charge in [-0.25, -0.2) is 0 Å². The van der Waals surface area contributed by atoms with Gasteiger partial charge in [0.05, 0.1) is 19.3 Å². The molecule has 5 heteroatoms. The van der Waals surface area contributed by atoms with Gasteiger partial charge < -0.3 is 20.5 Å². The van der Waals surface area contributed by atoms with E-state index in [4.69, 9.17) is 4.74 Å². The fourth-order valence-electron chi connectivity index (χ4n) is 4.54. The van der Waals surface area contributed by atoms with E-state index in [1.54, 1.807) is 0 Å². The lowest BCUT2D eigenvalue weighted by Gasteiger charge is -2.40. The van der Waals surface area contributed by atoms with Crippen LogP contribution in [0.5, 0.6) is 0 Å². The smallest absolute Gasteiger partial charge is 0.0623 e. The summed E-state index contributed by atoms with van der Waals surface area (Å²) in [4.78, 5) is 0. The van der Waals surface area contributed by atoms with Crippen molar-refractivity contribution in [3.05, 3.63) is 0 Å². The highest BCUT2D eigenvalue weighted by Gasteiger charge is 2.39. The van der Waals surface area contributed by atoms with Crippen molar-refractivity contribution in [2.75, 3.05) is 26.3 Å². The van der Waals surface area contributed by atoms with Gasteiger partial charge in [-0.15, -0.1) is 12.4 Å². The number of nitrogens with one attached hydrogen (secondary N) is 2. The molecule has 1 saturated heterocycles. The van der Waals surface area contributed by atoms with Crippen LogP contribution < -0.4 is 10.6 Å². The van der Waals surface area contributed by atoms with Crippen molar-refractivity contribution in [1.82, 2.24) is 10.6 Å². The molecule has 2 saturated carbocycles. The number of morpholine rings is 1. The van der Waals surface area contributed by atoms with Gasteiger partial charge in [0.1, 0.15) is 0 Å². The van der Waals surface area contributed by atoms with E-state index in [2.05, 4.69) is 17.6 Å². The summed E-state index contributed by atoms with van der Waals surface area (Å²) in [6, 6.07) is 1.11. The zero-order valence-corrected chi connectivity index (χ0v) is 14.7. The molecule has 130 valence electrons. The largest absolute Gasteiger partial charge is 0.393 e. The molecule has 22 heavy (non-hydrogen) atoms. The minimum absolute atomic E-state index is 0. The molecule has 3 N–H and O–H groups in total. The van der Waals surface area contributed by atoms with Crippen molar-refractivity contribution in [2.24, 2.45) is 11.3 Å². The highest BCUT2D eigenvalue weighted by atomic mass is 35.5. The fourth-order valence-corrected chi connectivity index (χ4v) is 4.54. The van der Waals surface area contributed by atoms with Crippen molar-refractivity contribution < 1.29 is 9.84 Å². The maximum atomic E-state index is 10.3. The van der Waals surface area contributed by atoms with Gasteiger partial charge in [-0.2, -0.15) is 0 Å². The summed E-state index contributed by atoms with van der Waals surface area (Å²) >= 11 is 0. The molecule has 0 aromatic heterocycles. The monoisotopic (exact) mass is 332 g/mol. The first kappa shape index (κ1) is 18.5. The predicted octanol–water partition coefficient (Wildman–Crippen LogP) is 2.10. The lowest BCUT2D eigenvalue weighted by Crippen LogP contribution is -2.53. The van der Waals surface area contributed by atoms with Gasteiger partial charge in [-0.3, -0.25) is 0 Å². The lowest BCUT2D eigenvalue weighted by molar-refractivity contribution is -0.00274. The predicted molar refractivity (Wildman–Crippen MR) is 91.6 cm³/mol. The van der Waals surface area contributed by atoms with E-state index < -0.39 is 0 Å². The molecule has 1 aliphatic heterocycles. The zero-order valence-electron chi connectivity index (χ0n) is 13.9. The molecule has 0 aromatic carbocycles. The van der Waals surface area contributed by atoms with Crippen LogP contribution in [0.4, 0.5) is 0 Å². The van der Waals surface area contributed by atoms with Gasteiger partial charge in [0.15, 0.2) is 0 Å². The van der Waals surface area contributed by atoms with E-state index >= 15 is 0 Å². The van der Waals surface area contributed by atoms with Gasteiger partial charge >= 0.3 is 0 Å². The van der Waals surface area contributed by atoms with Crippen LogP contribution in [0.1, 0.15) is 51.9 Å². The Hall–Kier alpha value is 0.130. The molecule has 3 rings (SSSR count). The summed E-state index contributed by atoms with van der Waals surface area (Å²) in [7, 11) is 0. The summed E-state index contributed by atoms with van der Waals surface area (Å²) in [5, 5.41) is 17.8. The molecule has 3 aliphatic rings. The second kappa shape index (κ2) is 8.29. The average molecular weight is 333 g/mol. The molecule has 0 radical (unpaired) electrons. The van der Waals surface area contributed by atoms with Gasteiger partial charge in [-0.1, -0.05) is 26.2 Å². The minimum Gasteiger partial charge on any atom is -0.393 e. The molecule has 2 aliphatic carbocycles. The van der Waals surface area contributed by atoms with Crippen molar-refractivity contribution in [2.45, 2.75) is 70.1 Å². The van der Waals surface area contributed by atoms with Crippen LogP contribution >= 0.6 is 12.4 Å². The third kappa shape index (κ3) is 4.15. The maximum Gasteiger partial charge on any atom is 0.0623 e. The van der Waals surface area contributed by atoms with Crippen LogP contribution in [0.2, 0.25) is 0 Å². The van der Waals surface area contributed by atoms with Crippen molar-refractivity contribution in [3.8, 4) is 0 Å². The number of rotatable bonds is 4. The Kier molecular flexibility index (Phi) is 6.96. The summed E-state index contributed by atoms with van der Waals surface area (Å²) < 4.78 is 5.64. The number of aliphatic hydroxyl groups is 1. The normalized spacial score (nSPS) is 42.8. The van der Waals surface area contributed by atoms with Crippen LogP contribution in [0.25, 0.3) is 0 Å². The summed E-state index contributed by atoms with van der Waals surface area (Å²) in [5.74, 6) is 0.689. The Balaban J connectivity index is 0.00000176. The summed E-state index contributed by atoms with van der Waals surface area (Å²) in [6.07, 6.45) is 8.35. The van der Waals surface area contributed by atoms with Gasteiger partial charge in [0.25, 0.3) is 0 Å². The number of hydrogen-bond acceptors (Lipinski definition) is 4. The third-order valence-corrected chi connectivity index (χ3v) is 6.08. The Labute approximate surface area is 141 Å². The molecular formula is C17H33ClN2O2. The van der Waals surface area contributed by atoms with Crippen LogP contribution in [-0.2, 0) is 4.74 Å². The number of aliphatic hydroxyl groups excluding tert-OH is 1. The van der Waals surface area contributed by atoms with Gasteiger partial charge in [0, 0.05) is 30.6 Å². The first-order chi connectivity index (χ1) is 10.2. The Bertz CT molecular complexity index is 339. The van der Waals surface area contributed by atoms with Gasteiger partial charge in [-0.05, 0) is 31.6 Å². The van der Waals surface area contributed by atoms with E-state index in [1.165, 1.54) is 32.1 Å². The molecule has 0 aromatic rings. The summed E-state index contributed by atoms with van der Waals surface area (Å²) in [6.45, 7) is 5.93. The van der Waals surface area contributed by atoms with E-state index in [0.717, 1.165) is 39.1 Å². The van der Waals surface area contributed by atoms with E-state index in [0.29, 0.717) is 18.0 Å². The second-order valence-electron chi connectivity index (χ2n) is 7.63. The standard InChI is InChI=1S/C17H32N2O2.ClH/c1-17(8-3-2-7-16(17)20)12-19-14-6-4-5-13(14)15-11-21-10-9-18-15;/h13-16,18-20H,2-12H2,1H3;1H. The fraction of sp³-hybridized carbons (Fsp3) is 1.00. The first-order valence-corrected chi connectivity index (χ1v) is 8.92. The number of halogens is 1. The Morgan fingerprint density at radius 2 is 2.09 bits per heavy atom. The zero-order chi connectivity index (χ0) is 14.7. The highest BCUT2D eigenvalue weighted by molar-refractivity contribution is 5.85.